The van der Waals surface area contributed by atoms with E-state index in [4.69, 9.17) is 16.3 Å². The third kappa shape index (κ3) is 6.04. The first-order chi connectivity index (χ1) is 14.8. The van der Waals surface area contributed by atoms with Crippen LogP contribution in [-0.4, -0.2) is 55.1 Å². The Morgan fingerprint density at radius 1 is 1.03 bits per heavy atom. The molecule has 2 aromatic carbocycles. The number of amides is 1. The van der Waals surface area contributed by atoms with Crippen LogP contribution in [0.15, 0.2) is 48.5 Å². The minimum absolute atomic E-state index is 0.215. The van der Waals surface area contributed by atoms with Gasteiger partial charge in [0.1, 0.15) is 0 Å². The number of esters is 1. The van der Waals surface area contributed by atoms with Crippen molar-refractivity contribution in [1.29, 1.82) is 0 Å². The van der Waals surface area contributed by atoms with E-state index in [0.717, 1.165) is 5.56 Å². The predicted octanol–water partition coefficient (Wildman–Crippen LogP) is 2.91. The number of halogens is 1. The van der Waals surface area contributed by atoms with Gasteiger partial charge in [0, 0.05) is 30.3 Å². The second-order valence-electron chi connectivity index (χ2n) is 7.00. The van der Waals surface area contributed by atoms with Crippen LogP contribution in [0.25, 0.3) is 0 Å². The molecule has 1 fully saturated rings. The van der Waals surface area contributed by atoms with Crippen LogP contribution in [0, 0.1) is 0 Å². The lowest BCUT2D eigenvalue weighted by molar-refractivity contribution is -0.116. The van der Waals surface area contributed by atoms with Gasteiger partial charge in [-0.2, -0.15) is 17.0 Å². The number of rotatable bonds is 7. The van der Waals surface area contributed by atoms with Crippen molar-refractivity contribution in [1.82, 2.24) is 8.61 Å². The van der Waals surface area contributed by atoms with E-state index < -0.39 is 22.1 Å². The van der Waals surface area contributed by atoms with Gasteiger partial charge in [-0.1, -0.05) is 23.7 Å². The molecule has 0 bridgehead atoms. The van der Waals surface area contributed by atoms with E-state index >= 15 is 0 Å². The van der Waals surface area contributed by atoms with Crippen LogP contribution in [0.4, 0.5) is 5.69 Å². The van der Waals surface area contributed by atoms with E-state index in [1.165, 1.54) is 8.61 Å². The molecule has 2 aromatic rings. The highest BCUT2D eigenvalue weighted by molar-refractivity contribution is 7.86. The molecule has 1 aliphatic heterocycles. The number of hydrogen-bond donors (Lipinski definition) is 1. The number of hydrogen-bond acceptors (Lipinski definition) is 5. The van der Waals surface area contributed by atoms with Crippen LogP contribution in [-0.2, 0) is 26.3 Å². The minimum Gasteiger partial charge on any atom is -0.462 e. The van der Waals surface area contributed by atoms with E-state index in [2.05, 4.69) is 5.32 Å². The molecule has 1 N–H and O–H groups in total. The summed E-state index contributed by atoms with van der Waals surface area (Å²) in [6, 6.07) is 13.2. The van der Waals surface area contributed by atoms with Crippen molar-refractivity contribution in [3.63, 3.8) is 0 Å². The second-order valence-corrected chi connectivity index (χ2v) is 9.37. The normalized spacial score (nSPS) is 16.6. The van der Waals surface area contributed by atoms with Crippen LogP contribution in [0.5, 0.6) is 0 Å². The van der Waals surface area contributed by atoms with Gasteiger partial charge in [-0.25, -0.2) is 4.79 Å². The molecule has 10 heteroatoms. The van der Waals surface area contributed by atoms with Crippen molar-refractivity contribution in [3.8, 4) is 0 Å². The molecule has 31 heavy (non-hydrogen) atoms. The second kappa shape index (κ2) is 10.2. The molecule has 0 atom stereocenters. The van der Waals surface area contributed by atoms with Crippen molar-refractivity contribution in [2.75, 3.05) is 31.6 Å². The van der Waals surface area contributed by atoms with Gasteiger partial charge >= 0.3 is 5.97 Å². The highest BCUT2D eigenvalue weighted by Crippen LogP contribution is 2.20. The number of nitrogens with zero attached hydrogens (tertiary/aromatic N) is 2. The number of benzene rings is 2. The number of carbonyl (C=O) groups is 2. The summed E-state index contributed by atoms with van der Waals surface area (Å²) in [5, 5.41) is 3.25. The van der Waals surface area contributed by atoms with Gasteiger partial charge in [-0.05, 0) is 55.3 Å². The summed E-state index contributed by atoms with van der Waals surface area (Å²) in [6.45, 7) is 2.58. The summed E-state index contributed by atoms with van der Waals surface area (Å²) in [5.74, 6) is -0.902. The molecule has 0 aromatic heterocycles. The van der Waals surface area contributed by atoms with Crippen molar-refractivity contribution in [2.45, 2.75) is 19.9 Å². The molecule has 1 aliphatic rings. The predicted molar refractivity (Wildman–Crippen MR) is 118 cm³/mol. The Labute approximate surface area is 186 Å². The van der Waals surface area contributed by atoms with Crippen molar-refractivity contribution >= 4 is 39.4 Å². The molecule has 166 valence electrons. The summed E-state index contributed by atoms with van der Waals surface area (Å²) in [4.78, 5) is 24.1. The van der Waals surface area contributed by atoms with Gasteiger partial charge < -0.3 is 10.1 Å². The van der Waals surface area contributed by atoms with Crippen molar-refractivity contribution in [3.05, 3.63) is 64.7 Å². The van der Waals surface area contributed by atoms with Gasteiger partial charge in [-0.15, -0.1) is 0 Å². The van der Waals surface area contributed by atoms with E-state index in [0.29, 0.717) is 29.2 Å². The minimum atomic E-state index is -3.77. The molecular weight excluding hydrogens is 442 g/mol. The summed E-state index contributed by atoms with van der Waals surface area (Å²) in [5.41, 5.74) is 1.66. The van der Waals surface area contributed by atoms with Crippen LogP contribution >= 0.6 is 11.6 Å². The fourth-order valence-electron chi connectivity index (χ4n) is 3.20. The summed E-state index contributed by atoms with van der Waals surface area (Å²) >= 11 is 5.89. The molecular formula is C21H24ClN3O5S. The van der Waals surface area contributed by atoms with Gasteiger partial charge in [0.2, 0.25) is 5.91 Å². The number of nitrogens with one attached hydrogen (secondary N) is 1. The monoisotopic (exact) mass is 465 g/mol. The Morgan fingerprint density at radius 2 is 1.68 bits per heavy atom. The maximum atomic E-state index is 12.9. The SMILES string of the molecule is CCOC(=O)c1ccc(NC(=O)CN2CCCN(Cc3ccc(Cl)cc3)S2(=O)=O)cc1. The smallest absolute Gasteiger partial charge is 0.338 e. The highest BCUT2D eigenvalue weighted by atomic mass is 35.5. The average molecular weight is 466 g/mol. The highest BCUT2D eigenvalue weighted by Gasteiger charge is 2.34. The lowest BCUT2D eigenvalue weighted by Gasteiger charge is -2.34. The van der Waals surface area contributed by atoms with E-state index in [-0.39, 0.29) is 26.2 Å². The Kier molecular flexibility index (Phi) is 7.66. The van der Waals surface area contributed by atoms with Crippen molar-refractivity contribution < 1.29 is 22.7 Å². The standard InChI is InChI=1S/C21H24ClN3O5S/c1-2-30-21(27)17-6-10-19(11-7-17)23-20(26)15-25-13-3-12-24(31(25,28)29)14-16-4-8-18(22)9-5-16/h4-11H,2-3,12-15H2,1H3,(H,23,26). The van der Waals surface area contributed by atoms with Gasteiger partial charge in [0.05, 0.1) is 18.7 Å². The molecule has 0 unspecified atom stereocenters. The Balaban J connectivity index is 1.61. The molecule has 0 spiro atoms. The maximum absolute atomic E-state index is 12.9. The molecule has 1 amide bonds. The van der Waals surface area contributed by atoms with Crippen LogP contribution in [0.3, 0.4) is 0 Å². The third-order valence-corrected chi connectivity index (χ3v) is 6.92. The summed E-state index contributed by atoms with van der Waals surface area (Å²) in [7, 11) is -3.77. The van der Waals surface area contributed by atoms with Crippen molar-refractivity contribution in [2.24, 2.45) is 0 Å². The van der Waals surface area contributed by atoms with E-state index in [9.17, 15) is 18.0 Å². The van der Waals surface area contributed by atoms with Gasteiger partial charge in [0.15, 0.2) is 0 Å². The Morgan fingerprint density at radius 3 is 2.32 bits per heavy atom. The van der Waals surface area contributed by atoms with Crippen LogP contribution in [0.1, 0.15) is 29.3 Å². The Bertz CT molecular complexity index is 1030. The molecule has 3 rings (SSSR count). The molecule has 0 radical (unpaired) electrons. The fraction of sp³-hybridized carbons (Fsp3) is 0.333. The third-order valence-electron chi connectivity index (χ3n) is 4.74. The molecule has 8 nitrogen and oxygen atoms in total. The molecule has 0 aliphatic carbocycles. The molecule has 1 saturated heterocycles. The first-order valence-electron chi connectivity index (χ1n) is 9.86. The van der Waals surface area contributed by atoms with E-state index in [1.807, 2.05) is 0 Å². The van der Waals surface area contributed by atoms with E-state index in [1.54, 1.807) is 55.5 Å². The lowest BCUT2D eigenvalue weighted by atomic mass is 10.2. The fourth-order valence-corrected chi connectivity index (χ4v) is 4.96. The molecule has 0 saturated carbocycles. The number of anilines is 1. The van der Waals surface area contributed by atoms with Gasteiger partial charge in [0.25, 0.3) is 10.2 Å². The maximum Gasteiger partial charge on any atom is 0.338 e. The zero-order valence-corrected chi connectivity index (χ0v) is 18.7. The average Bonchev–Trinajstić information content (AvgIpc) is 2.73. The zero-order valence-electron chi connectivity index (χ0n) is 17.1. The quantitative estimate of drug-likeness (QED) is 0.634. The molecule has 1 heterocycles. The van der Waals surface area contributed by atoms with Gasteiger partial charge in [-0.3, -0.25) is 4.79 Å². The number of carbonyl (C=O) groups excluding carboxylic acids is 2. The Hall–Kier alpha value is -2.46. The van der Waals surface area contributed by atoms with Crippen LogP contribution < -0.4 is 5.32 Å². The first kappa shape index (κ1) is 23.2. The van der Waals surface area contributed by atoms with Crippen LogP contribution in [0.2, 0.25) is 5.02 Å². The topological polar surface area (TPSA) is 96.0 Å². The first-order valence-corrected chi connectivity index (χ1v) is 11.6. The number of ether oxygens (including phenoxy) is 1. The summed E-state index contributed by atoms with van der Waals surface area (Å²) in [6.07, 6.45) is 0.619. The zero-order chi connectivity index (χ0) is 22.4. The lowest BCUT2D eigenvalue weighted by Crippen LogP contribution is -2.51. The largest absolute Gasteiger partial charge is 0.462 e. The summed E-state index contributed by atoms with van der Waals surface area (Å²) < 4.78 is 33.4.